The lowest BCUT2D eigenvalue weighted by Crippen LogP contribution is -2.33. The van der Waals surface area contributed by atoms with Gasteiger partial charge in [-0.05, 0) is 45.4 Å². The molecular formula is C16H22BrNO4. The molecule has 1 rings (SSSR count). The van der Waals surface area contributed by atoms with E-state index in [0.29, 0.717) is 25.1 Å². The fraction of sp³-hybridized carbons (Fsp3) is 0.500. The van der Waals surface area contributed by atoms with Crippen LogP contribution in [-0.2, 0) is 9.53 Å². The third-order valence-electron chi connectivity index (χ3n) is 2.50. The molecule has 0 aromatic heterocycles. The number of carbonyl (C=O) groups is 2. The quantitative estimate of drug-likeness (QED) is 0.742. The molecule has 1 aromatic carbocycles. The van der Waals surface area contributed by atoms with E-state index in [9.17, 15) is 9.59 Å². The molecule has 1 amide bonds. The molecule has 122 valence electrons. The highest BCUT2D eigenvalue weighted by atomic mass is 79.9. The number of benzene rings is 1. The summed E-state index contributed by atoms with van der Waals surface area (Å²) in [5, 5.41) is 2.62. The van der Waals surface area contributed by atoms with Gasteiger partial charge in [0.05, 0.1) is 0 Å². The second-order valence-corrected chi connectivity index (χ2v) is 6.73. The Morgan fingerprint density at radius 1 is 1.27 bits per heavy atom. The zero-order valence-corrected chi connectivity index (χ0v) is 14.7. The first-order valence-corrected chi connectivity index (χ1v) is 7.92. The smallest absolute Gasteiger partial charge is 0.407 e. The molecule has 0 bridgehead atoms. The second kappa shape index (κ2) is 8.78. The average molecular weight is 372 g/mol. The number of alkyl carbamates (subject to hydrolysis) is 1. The van der Waals surface area contributed by atoms with Gasteiger partial charge in [-0.25, -0.2) is 4.79 Å². The van der Waals surface area contributed by atoms with E-state index in [2.05, 4.69) is 21.2 Å². The molecule has 0 radical (unpaired) electrons. The van der Waals surface area contributed by atoms with Gasteiger partial charge in [0.2, 0.25) is 0 Å². The number of amides is 1. The fourth-order valence-corrected chi connectivity index (χ4v) is 1.96. The Bertz CT molecular complexity index is 511. The maximum absolute atomic E-state index is 11.7. The molecule has 0 saturated heterocycles. The first-order valence-electron chi connectivity index (χ1n) is 7.13. The number of ketones is 1. The van der Waals surface area contributed by atoms with Crippen molar-refractivity contribution in [1.29, 1.82) is 0 Å². The predicted molar refractivity (Wildman–Crippen MR) is 88.1 cm³/mol. The van der Waals surface area contributed by atoms with Crippen LogP contribution in [0.25, 0.3) is 0 Å². The van der Waals surface area contributed by atoms with E-state index in [1.807, 2.05) is 12.1 Å². The van der Waals surface area contributed by atoms with Crippen LogP contribution in [0.2, 0.25) is 0 Å². The summed E-state index contributed by atoms with van der Waals surface area (Å²) >= 11 is 3.34. The molecule has 22 heavy (non-hydrogen) atoms. The summed E-state index contributed by atoms with van der Waals surface area (Å²) in [6.07, 6.45) is 0.439. The lowest BCUT2D eigenvalue weighted by molar-refractivity contribution is -0.121. The molecule has 0 aliphatic heterocycles. The minimum Gasteiger partial charge on any atom is -0.486 e. The maximum Gasteiger partial charge on any atom is 0.407 e. The number of carbonyl (C=O) groups excluding carboxylic acids is 2. The second-order valence-electron chi connectivity index (χ2n) is 5.82. The molecule has 0 heterocycles. The van der Waals surface area contributed by atoms with E-state index in [4.69, 9.17) is 9.47 Å². The highest BCUT2D eigenvalue weighted by molar-refractivity contribution is 9.10. The van der Waals surface area contributed by atoms with E-state index < -0.39 is 11.7 Å². The molecule has 0 saturated carbocycles. The third kappa shape index (κ3) is 8.67. The van der Waals surface area contributed by atoms with Crippen molar-refractivity contribution < 1.29 is 19.1 Å². The van der Waals surface area contributed by atoms with Gasteiger partial charge in [-0.2, -0.15) is 0 Å². The molecule has 0 spiro atoms. The summed E-state index contributed by atoms with van der Waals surface area (Å²) in [5.74, 6) is 0.639. The highest BCUT2D eigenvalue weighted by Crippen LogP contribution is 2.17. The molecule has 1 N–H and O–H groups in total. The molecule has 0 fully saturated rings. The van der Waals surface area contributed by atoms with Gasteiger partial charge < -0.3 is 14.8 Å². The fourth-order valence-electron chi connectivity index (χ4n) is 1.58. The van der Waals surface area contributed by atoms with Gasteiger partial charge in [0, 0.05) is 17.4 Å². The summed E-state index contributed by atoms with van der Waals surface area (Å²) in [6, 6.07) is 7.32. The van der Waals surface area contributed by atoms with Gasteiger partial charge in [0.1, 0.15) is 18.0 Å². The van der Waals surface area contributed by atoms with Gasteiger partial charge >= 0.3 is 6.09 Å². The summed E-state index contributed by atoms with van der Waals surface area (Å²) in [7, 11) is 0. The SMILES string of the molecule is CC(C)(C)OC(=O)NCCCC(=O)COc1cccc(Br)c1. The summed E-state index contributed by atoms with van der Waals surface area (Å²) in [6.45, 7) is 5.83. The van der Waals surface area contributed by atoms with Crippen molar-refractivity contribution in [3.05, 3.63) is 28.7 Å². The van der Waals surface area contributed by atoms with Crippen molar-refractivity contribution in [3.8, 4) is 5.75 Å². The van der Waals surface area contributed by atoms with E-state index in [-0.39, 0.29) is 12.4 Å². The molecule has 0 atom stereocenters. The Hall–Kier alpha value is -1.56. The van der Waals surface area contributed by atoms with Gasteiger partial charge in [0.15, 0.2) is 5.78 Å². The van der Waals surface area contributed by atoms with Crippen LogP contribution in [0.3, 0.4) is 0 Å². The Labute approximate surface area is 139 Å². The number of ether oxygens (including phenoxy) is 2. The maximum atomic E-state index is 11.7. The minimum absolute atomic E-state index is 0.00837. The Morgan fingerprint density at radius 3 is 2.64 bits per heavy atom. The minimum atomic E-state index is -0.516. The summed E-state index contributed by atoms with van der Waals surface area (Å²) in [4.78, 5) is 23.1. The van der Waals surface area contributed by atoms with Crippen molar-refractivity contribution in [3.63, 3.8) is 0 Å². The molecule has 6 heteroatoms. The molecule has 0 unspecified atom stereocenters. The standard InChI is InChI=1S/C16H22BrNO4/c1-16(2,3)22-15(20)18-9-5-7-13(19)11-21-14-8-4-6-12(17)10-14/h4,6,8,10H,5,7,9,11H2,1-3H3,(H,18,20). The van der Waals surface area contributed by atoms with E-state index in [1.54, 1.807) is 32.9 Å². The normalized spacial score (nSPS) is 10.9. The predicted octanol–water partition coefficient (Wildman–Crippen LogP) is 3.70. The van der Waals surface area contributed by atoms with E-state index in [1.165, 1.54) is 0 Å². The number of halogens is 1. The highest BCUT2D eigenvalue weighted by Gasteiger charge is 2.15. The Balaban J connectivity index is 2.15. The van der Waals surface area contributed by atoms with Crippen LogP contribution in [0, 0.1) is 0 Å². The number of nitrogens with one attached hydrogen (secondary N) is 1. The lowest BCUT2D eigenvalue weighted by Gasteiger charge is -2.19. The number of hydrogen-bond acceptors (Lipinski definition) is 4. The topological polar surface area (TPSA) is 64.6 Å². The van der Waals surface area contributed by atoms with Crippen molar-refractivity contribution in [2.75, 3.05) is 13.2 Å². The zero-order valence-electron chi connectivity index (χ0n) is 13.1. The Kier molecular flexibility index (Phi) is 7.38. The summed E-state index contributed by atoms with van der Waals surface area (Å²) in [5.41, 5.74) is -0.516. The molecular weight excluding hydrogens is 350 g/mol. The van der Waals surface area contributed by atoms with Crippen LogP contribution in [-0.4, -0.2) is 30.6 Å². The zero-order chi connectivity index (χ0) is 16.6. The largest absolute Gasteiger partial charge is 0.486 e. The average Bonchev–Trinajstić information content (AvgIpc) is 2.39. The summed E-state index contributed by atoms with van der Waals surface area (Å²) < 4.78 is 11.4. The van der Waals surface area contributed by atoms with Crippen molar-refractivity contribution in [2.45, 2.75) is 39.2 Å². The Morgan fingerprint density at radius 2 is 2.00 bits per heavy atom. The van der Waals surface area contributed by atoms with Crippen molar-refractivity contribution in [2.24, 2.45) is 0 Å². The van der Waals surface area contributed by atoms with Crippen molar-refractivity contribution in [1.82, 2.24) is 5.32 Å². The molecule has 1 aromatic rings. The van der Waals surface area contributed by atoms with E-state index >= 15 is 0 Å². The van der Waals surface area contributed by atoms with Crippen LogP contribution in [0.5, 0.6) is 5.75 Å². The van der Waals surface area contributed by atoms with Crippen LogP contribution >= 0.6 is 15.9 Å². The van der Waals surface area contributed by atoms with Gasteiger partial charge in [-0.15, -0.1) is 0 Å². The monoisotopic (exact) mass is 371 g/mol. The first-order chi connectivity index (χ1) is 10.3. The lowest BCUT2D eigenvalue weighted by atomic mass is 10.2. The van der Waals surface area contributed by atoms with Crippen LogP contribution in [0.15, 0.2) is 28.7 Å². The first kappa shape index (κ1) is 18.5. The van der Waals surface area contributed by atoms with Crippen LogP contribution in [0.4, 0.5) is 4.79 Å². The molecule has 0 aliphatic rings. The number of hydrogen-bond donors (Lipinski definition) is 1. The number of Topliss-reactive ketones (excluding diaryl/α,β-unsaturated/α-hetero) is 1. The van der Waals surface area contributed by atoms with Gasteiger partial charge in [0.25, 0.3) is 0 Å². The third-order valence-corrected chi connectivity index (χ3v) is 2.99. The number of rotatable bonds is 7. The van der Waals surface area contributed by atoms with E-state index in [0.717, 1.165) is 4.47 Å². The van der Waals surface area contributed by atoms with Crippen LogP contribution < -0.4 is 10.1 Å². The molecule has 0 aliphatic carbocycles. The molecule has 5 nitrogen and oxygen atoms in total. The van der Waals surface area contributed by atoms with Crippen molar-refractivity contribution >= 4 is 27.8 Å². The van der Waals surface area contributed by atoms with Crippen LogP contribution in [0.1, 0.15) is 33.6 Å². The van der Waals surface area contributed by atoms with Gasteiger partial charge in [-0.3, -0.25) is 4.79 Å². The van der Waals surface area contributed by atoms with Gasteiger partial charge in [-0.1, -0.05) is 22.0 Å².